The van der Waals surface area contributed by atoms with Gasteiger partial charge in [-0.25, -0.2) is 14.0 Å². The number of ether oxygens (including phenoxy) is 1. The van der Waals surface area contributed by atoms with Crippen LogP contribution >= 0.6 is 0 Å². The van der Waals surface area contributed by atoms with E-state index in [9.17, 15) is 18.8 Å². The average Bonchev–Trinajstić information content (AvgIpc) is 3.11. The van der Waals surface area contributed by atoms with Gasteiger partial charge in [0.25, 0.3) is 0 Å². The summed E-state index contributed by atoms with van der Waals surface area (Å²) in [5.41, 5.74) is 4.11. The highest BCUT2D eigenvalue weighted by molar-refractivity contribution is 5.93. The van der Waals surface area contributed by atoms with E-state index in [1.54, 1.807) is 6.92 Å². The minimum absolute atomic E-state index is 0.0691. The number of aromatic carboxylic acids is 1. The van der Waals surface area contributed by atoms with Crippen molar-refractivity contribution >= 4 is 23.7 Å². The highest BCUT2D eigenvalue weighted by atomic mass is 19.1. The average molecular weight is 462 g/mol. The Morgan fingerprint density at radius 3 is 2.21 bits per heavy atom. The Morgan fingerprint density at radius 2 is 1.62 bits per heavy atom. The van der Waals surface area contributed by atoms with Crippen molar-refractivity contribution in [1.29, 1.82) is 0 Å². The van der Waals surface area contributed by atoms with Crippen LogP contribution in [0.1, 0.15) is 40.7 Å². The number of benzene rings is 3. The number of carboxylic acids is 1. The Kier molecular flexibility index (Phi) is 6.58. The maximum atomic E-state index is 13.8. The minimum Gasteiger partial charge on any atom is -0.478 e. The van der Waals surface area contributed by atoms with Crippen molar-refractivity contribution in [3.8, 4) is 11.1 Å². The number of carbonyl (C=O) groups excluding carboxylic acids is 2. The molecule has 1 aliphatic carbocycles. The predicted molar refractivity (Wildman–Crippen MR) is 124 cm³/mol. The summed E-state index contributed by atoms with van der Waals surface area (Å²) in [6.07, 6.45) is -0.717. The van der Waals surface area contributed by atoms with Crippen LogP contribution in [0.3, 0.4) is 0 Å². The molecule has 1 atom stereocenters. The summed E-state index contributed by atoms with van der Waals surface area (Å²) in [5.74, 6) is -2.87. The van der Waals surface area contributed by atoms with Crippen LogP contribution in [-0.2, 0) is 9.53 Å². The number of carbonyl (C=O) groups is 3. The topological polar surface area (TPSA) is 105 Å². The van der Waals surface area contributed by atoms with Crippen molar-refractivity contribution in [3.05, 3.63) is 89.2 Å². The summed E-state index contributed by atoms with van der Waals surface area (Å²) in [7, 11) is 0. The Hall–Kier alpha value is -4.20. The lowest BCUT2D eigenvalue weighted by atomic mass is 9.98. The number of nitrogens with one attached hydrogen (secondary N) is 2. The smallest absolute Gasteiger partial charge is 0.407 e. The first-order chi connectivity index (χ1) is 16.3. The minimum atomic E-state index is -1.39. The van der Waals surface area contributed by atoms with E-state index >= 15 is 0 Å². The fraction of sp³-hybridized carbons (Fsp3) is 0.192. The largest absolute Gasteiger partial charge is 0.478 e. The van der Waals surface area contributed by atoms with E-state index < -0.39 is 35.4 Å². The number of fused-ring (bicyclic) bond motifs is 3. The van der Waals surface area contributed by atoms with Gasteiger partial charge in [-0.1, -0.05) is 48.5 Å². The van der Waals surface area contributed by atoms with Crippen LogP contribution in [0, 0.1) is 5.82 Å². The number of hydrogen-bond donors (Lipinski definition) is 3. The number of amides is 2. The summed E-state index contributed by atoms with van der Waals surface area (Å²) in [5, 5.41) is 14.0. The van der Waals surface area contributed by atoms with Crippen molar-refractivity contribution in [2.24, 2.45) is 0 Å². The second-order valence-corrected chi connectivity index (χ2v) is 8.12. The van der Waals surface area contributed by atoms with E-state index in [4.69, 9.17) is 9.84 Å². The maximum absolute atomic E-state index is 13.8. The monoisotopic (exact) mass is 462 g/mol. The molecule has 3 N–H and O–H groups in total. The van der Waals surface area contributed by atoms with E-state index in [1.807, 2.05) is 36.4 Å². The molecule has 2 amide bonds. The van der Waals surface area contributed by atoms with Gasteiger partial charge < -0.3 is 20.5 Å². The van der Waals surface area contributed by atoms with E-state index in [0.717, 1.165) is 34.4 Å². The molecule has 0 saturated heterocycles. The van der Waals surface area contributed by atoms with Gasteiger partial charge in [-0.3, -0.25) is 4.79 Å². The highest BCUT2D eigenvalue weighted by Gasteiger charge is 2.29. The molecule has 1 aliphatic rings. The molecule has 0 fully saturated rings. The van der Waals surface area contributed by atoms with E-state index in [2.05, 4.69) is 22.8 Å². The molecule has 0 radical (unpaired) electrons. The number of rotatable bonds is 7. The Bertz CT molecular complexity index is 1210. The van der Waals surface area contributed by atoms with E-state index in [0.29, 0.717) is 0 Å². The van der Waals surface area contributed by atoms with E-state index in [1.165, 1.54) is 6.07 Å². The van der Waals surface area contributed by atoms with Crippen LogP contribution in [-0.4, -0.2) is 35.7 Å². The lowest BCUT2D eigenvalue weighted by Gasteiger charge is -2.17. The van der Waals surface area contributed by atoms with Gasteiger partial charge in [0.2, 0.25) is 5.91 Å². The Labute approximate surface area is 195 Å². The molecule has 3 aromatic rings. The van der Waals surface area contributed by atoms with Crippen LogP contribution in [0.5, 0.6) is 0 Å². The molecule has 3 aromatic carbocycles. The molecule has 0 aromatic heterocycles. The highest BCUT2D eigenvalue weighted by Crippen LogP contribution is 2.44. The Balaban J connectivity index is 1.30. The molecule has 34 heavy (non-hydrogen) atoms. The van der Waals surface area contributed by atoms with Crippen molar-refractivity contribution in [1.82, 2.24) is 5.32 Å². The number of anilines is 1. The van der Waals surface area contributed by atoms with E-state index in [-0.39, 0.29) is 24.6 Å². The first-order valence-electron chi connectivity index (χ1n) is 10.8. The maximum Gasteiger partial charge on any atom is 0.407 e. The van der Waals surface area contributed by atoms with Gasteiger partial charge in [-0.05, 0) is 47.4 Å². The second kappa shape index (κ2) is 9.74. The van der Waals surface area contributed by atoms with Gasteiger partial charge in [0.15, 0.2) is 0 Å². The zero-order valence-electron chi connectivity index (χ0n) is 18.4. The normalized spacial score (nSPS) is 12.9. The fourth-order valence-electron chi connectivity index (χ4n) is 4.15. The number of halogens is 1. The SMILES string of the molecule is C[C@H](CC(=O)Nc1ccc(C(=O)O)c(F)c1)NC(=O)OCC1c2ccccc2-c2ccccc21. The first kappa shape index (κ1) is 23.0. The fourth-order valence-corrected chi connectivity index (χ4v) is 4.15. The van der Waals surface area contributed by atoms with Gasteiger partial charge in [0.05, 0.1) is 5.56 Å². The van der Waals surface area contributed by atoms with Crippen LogP contribution in [0.4, 0.5) is 14.9 Å². The third-order valence-electron chi connectivity index (χ3n) is 5.68. The number of carboxylic acid groups (broad SMARTS) is 1. The molecule has 0 unspecified atom stereocenters. The summed E-state index contributed by atoms with van der Waals surface area (Å²) in [6, 6.07) is 18.8. The van der Waals surface area contributed by atoms with Gasteiger partial charge in [0, 0.05) is 24.1 Å². The van der Waals surface area contributed by atoms with Gasteiger partial charge in [0.1, 0.15) is 12.4 Å². The number of alkyl carbamates (subject to hydrolysis) is 1. The standard InChI is InChI=1S/C26H23FN2O5/c1-15(12-24(30)29-16-10-11-21(25(31)32)23(27)13-16)28-26(33)34-14-22-19-8-4-2-6-17(19)18-7-3-5-9-20(18)22/h2-11,13,15,22H,12,14H2,1H3,(H,28,33)(H,29,30)(H,31,32)/t15-/m1/s1. The number of hydrogen-bond acceptors (Lipinski definition) is 4. The molecule has 4 rings (SSSR count). The molecular weight excluding hydrogens is 439 g/mol. The lowest BCUT2D eigenvalue weighted by Crippen LogP contribution is -2.36. The summed E-state index contributed by atoms with van der Waals surface area (Å²) in [4.78, 5) is 35.5. The van der Waals surface area contributed by atoms with Gasteiger partial charge >= 0.3 is 12.1 Å². The Morgan fingerprint density at radius 1 is 1.00 bits per heavy atom. The zero-order chi connectivity index (χ0) is 24.2. The van der Waals surface area contributed by atoms with Crippen LogP contribution in [0.2, 0.25) is 0 Å². The van der Waals surface area contributed by atoms with Crippen molar-refractivity contribution in [2.75, 3.05) is 11.9 Å². The molecule has 0 aliphatic heterocycles. The summed E-state index contributed by atoms with van der Waals surface area (Å²) < 4.78 is 19.3. The third kappa shape index (κ3) is 4.91. The predicted octanol–water partition coefficient (Wildman–Crippen LogP) is 4.78. The van der Waals surface area contributed by atoms with Crippen molar-refractivity contribution < 1.29 is 28.6 Å². The van der Waals surface area contributed by atoms with Gasteiger partial charge in [-0.15, -0.1) is 0 Å². The summed E-state index contributed by atoms with van der Waals surface area (Å²) in [6.45, 7) is 1.81. The van der Waals surface area contributed by atoms with Crippen LogP contribution in [0.15, 0.2) is 66.7 Å². The van der Waals surface area contributed by atoms with Crippen LogP contribution in [0.25, 0.3) is 11.1 Å². The molecule has 0 heterocycles. The van der Waals surface area contributed by atoms with Crippen LogP contribution < -0.4 is 10.6 Å². The molecule has 174 valence electrons. The summed E-state index contributed by atoms with van der Waals surface area (Å²) >= 11 is 0. The molecule has 8 heteroatoms. The van der Waals surface area contributed by atoms with Gasteiger partial charge in [-0.2, -0.15) is 0 Å². The second-order valence-electron chi connectivity index (χ2n) is 8.12. The third-order valence-corrected chi connectivity index (χ3v) is 5.68. The lowest BCUT2D eigenvalue weighted by molar-refractivity contribution is -0.116. The molecule has 0 saturated carbocycles. The quantitative estimate of drug-likeness (QED) is 0.469. The van der Waals surface area contributed by atoms with Crippen molar-refractivity contribution in [2.45, 2.75) is 25.3 Å². The molecule has 7 nitrogen and oxygen atoms in total. The zero-order valence-corrected chi connectivity index (χ0v) is 18.4. The molecular formula is C26H23FN2O5. The van der Waals surface area contributed by atoms with Crippen molar-refractivity contribution in [3.63, 3.8) is 0 Å². The molecule has 0 spiro atoms. The molecule has 0 bridgehead atoms. The first-order valence-corrected chi connectivity index (χ1v) is 10.8.